The molecule has 4 atom stereocenters. The Morgan fingerprint density at radius 3 is 2.00 bits per heavy atom. The summed E-state index contributed by atoms with van der Waals surface area (Å²) in [5, 5.41) is 8.88. The SMILES string of the molecule is O=C(O)c1ccc(N2C(=O)[C@@H]3[C@@H](C2=O)[C@H]2C=C[C@H]3O2)cc1. The molecule has 1 aromatic rings. The number of benzene rings is 1. The van der Waals surface area contributed by atoms with E-state index in [1.54, 1.807) is 0 Å². The monoisotopic (exact) mass is 285 g/mol. The van der Waals surface area contributed by atoms with E-state index < -0.39 is 17.8 Å². The minimum Gasteiger partial charge on any atom is -0.478 e. The van der Waals surface area contributed by atoms with Crippen LogP contribution in [0.1, 0.15) is 10.4 Å². The van der Waals surface area contributed by atoms with Crippen molar-refractivity contribution in [3.63, 3.8) is 0 Å². The molecule has 2 amide bonds. The molecule has 21 heavy (non-hydrogen) atoms. The van der Waals surface area contributed by atoms with Gasteiger partial charge in [-0.1, -0.05) is 12.2 Å². The van der Waals surface area contributed by atoms with Gasteiger partial charge in [-0.05, 0) is 24.3 Å². The summed E-state index contributed by atoms with van der Waals surface area (Å²) >= 11 is 0. The molecule has 1 N–H and O–H groups in total. The molecule has 6 heteroatoms. The topological polar surface area (TPSA) is 83.9 Å². The number of nitrogens with zero attached hydrogens (tertiary/aromatic N) is 1. The molecule has 6 nitrogen and oxygen atoms in total. The number of hydrogen-bond donors (Lipinski definition) is 1. The largest absolute Gasteiger partial charge is 0.478 e. The first-order chi connectivity index (χ1) is 10.1. The number of hydrogen-bond acceptors (Lipinski definition) is 4. The van der Waals surface area contributed by atoms with E-state index in [-0.39, 0.29) is 29.6 Å². The molecule has 0 saturated carbocycles. The van der Waals surface area contributed by atoms with Gasteiger partial charge in [0.2, 0.25) is 11.8 Å². The zero-order valence-corrected chi connectivity index (χ0v) is 10.8. The van der Waals surface area contributed by atoms with Crippen LogP contribution in [0.3, 0.4) is 0 Å². The molecule has 0 aromatic heterocycles. The van der Waals surface area contributed by atoms with Gasteiger partial charge in [0.05, 0.1) is 35.3 Å². The number of anilines is 1. The lowest BCUT2D eigenvalue weighted by molar-refractivity contribution is -0.124. The van der Waals surface area contributed by atoms with Crippen LogP contribution in [-0.4, -0.2) is 35.1 Å². The second-order valence-corrected chi connectivity index (χ2v) is 5.37. The predicted octanol–water partition coefficient (Wildman–Crippen LogP) is 0.828. The fraction of sp³-hybridized carbons (Fsp3) is 0.267. The number of amides is 2. The van der Waals surface area contributed by atoms with Crippen LogP contribution in [0, 0.1) is 11.8 Å². The highest BCUT2D eigenvalue weighted by Crippen LogP contribution is 2.46. The lowest BCUT2D eigenvalue weighted by atomic mass is 9.85. The molecule has 4 rings (SSSR count). The van der Waals surface area contributed by atoms with E-state index in [4.69, 9.17) is 9.84 Å². The van der Waals surface area contributed by atoms with Gasteiger partial charge in [0.1, 0.15) is 0 Å². The van der Waals surface area contributed by atoms with E-state index in [0.29, 0.717) is 5.69 Å². The Morgan fingerprint density at radius 2 is 1.52 bits per heavy atom. The standard InChI is InChI=1S/C15H11NO5/c17-13-11-9-5-6-10(21-9)12(11)14(18)16(13)8-3-1-7(2-4-8)15(19)20/h1-6,9-12H,(H,19,20)/t9-,10-,11+,12+/m1/s1. The number of imide groups is 1. The Morgan fingerprint density at radius 1 is 1.00 bits per heavy atom. The number of carbonyl (C=O) groups is 3. The lowest BCUT2D eigenvalue weighted by Crippen LogP contribution is -2.34. The highest BCUT2D eigenvalue weighted by molar-refractivity contribution is 6.23. The number of aromatic carboxylic acids is 1. The van der Waals surface area contributed by atoms with Crippen LogP contribution in [0.5, 0.6) is 0 Å². The number of carbonyl (C=O) groups excluding carboxylic acids is 2. The summed E-state index contributed by atoms with van der Waals surface area (Å²) in [5.74, 6) is -2.50. The third kappa shape index (κ3) is 1.53. The Labute approximate surface area is 119 Å². The van der Waals surface area contributed by atoms with E-state index in [2.05, 4.69) is 0 Å². The predicted molar refractivity (Wildman–Crippen MR) is 70.7 cm³/mol. The molecule has 3 heterocycles. The fourth-order valence-electron chi connectivity index (χ4n) is 3.31. The van der Waals surface area contributed by atoms with Crippen LogP contribution in [0.2, 0.25) is 0 Å². The van der Waals surface area contributed by atoms with E-state index >= 15 is 0 Å². The second-order valence-electron chi connectivity index (χ2n) is 5.37. The van der Waals surface area contributed by atoms with Crippen molar-refractivity contribution in [1.29, 1.82) is 0 Å². The Balaban J connectivity index is 1.69. The van der Waals surface area contributed by atoms with Gasteiger partial charge in [0.25, 0.3) is 0 Å². The van der Waals surface area contributed by atoms with Crippen molar-refractivity contribution >= 4 is 23.5 Å². The zero-order valence-electron chi connectivity index (χ0n) is 10.8. The molecule has 0 radical (unpaired) electrons. The molecule has 2 saturated heterocycles. The zero-order chi connectivity index (χ0) is 14.7. The average Bonchev–Trinajstić information content (AvgIpc) is 3.13. The average molecular weight is 285 g/mol. The van der Waals surface area contributed by atoms with Crippen molar-refractivity contribution in [3.8, 4) is 0 Å². The summed E-state index contributed by atoms with van der Waals surface area (Å²) in [7, 11) is 0. The summed E-state index contributed by atoms with van der Waals surface area (Å²) in [6.07, 6.45) is 3.02. The maximum absolute atomic E-state index is 12.5. The van der Waals surface area contributed by atoms with E-state index in [1.165, 1.54) is 24.3 Å². The van der Waals surface area contributed by atoms with Gasteiger partial charge in [-0.3, -0.25) is 9.59 Å². The van der Waals surface area contributed by atoms with E-state index in [0.717, 1.165) is 4.90 Å². The third-order valence-corrected chi connectivity index (χ3v) is 4.28. The van der Waals surface area contributed by atoms with Crippen molar-refractivity contribution in [3.05, 3.63) is 42.0 Å². The molecular weight excluding hydrogens is 274 g/mol. The number of ether oxygens (including phenoxy) is 1. The fourth-order valence-corrected chi connectivity index (χ4v) is 3.31. The van der Waals surface area contributed by atoms with Gasteiger partial charge in [-0.2, -0.15) is 0 Å². The highest BCUT2D eigenvalue weighted by Gasteiger charge is 2.60. The molecule has 106 valence electrons. The molecule has 2 bridgehead atoms. The second kappa shape index (κ2) is 4.02. The number of carboxylic acids is 1. The van der Waals surface area contributed by atoms with E-state index in [1.807, 2.05) is 12.2 Å². The quantitative estimate of drug-likeness (QED) is 0.642. The lowest BCUT2D eigenvalue weighted by Gasteiger charge is -2.17. The van der Waals surface area contributed by atoms with Gasteiger partial charge in [-0.15, -0.1) is 0 Å². The van der Waals surface area contributed by atoms with Crippen LogP contribution in [-0.2, 0) is 14.3 Å². The Bertz CT molecular complexity index is 663. The van der Waals surface area contributed by atoms with Gasteiger partial charge in [0.15, 0.2) is 0 Å². The highest BCUT2D eigenvalue weighted by atomic mass is 16.5. The molecule has 1 aromatic carbocycles. The maximum atomic E-state index is 12.5. The molecule has 0 spiro atoms. The smallest absolute Gasteiger partial charge is 0.335 e. The first kappa shape index (κ1) is 12.3. The van der Waals surface area contributed by atoms with Crippen LogP contribution in [0.25, 0.3) is 0 Å². The first-order valence-electron chi connectivity index (χ1n) is 6.63. The molecule has 0 unspecified atom stereocenters. The summed E-state index contributed by atoms with van der Waals surface area (Å²) < 4.78 is 5.56. The minimum absolute atomic E-state index is 0.114. The summed E-state index contributed by atoms with van der Waals surface area (Å²) in [5.41, 5.74) is 0.520. The van der Waals surface area contributed by atoms with Crippen LogP contribution < -0.4 is 4.90 Å². The van der Waals surface area contributed by atoms with Crippen molar-refractivity contribution in [1.82, 2.24) is 0 Å². The van der Waals surface area contributed by atoms with Crippen molar-refractivity contribution in [2.75, 3.05) is 4.90 Å². The molecular formula is C15H11NO5. The number of carboxylic acid groups (broad SMARTS) is 1. The molecule has 0 aliphatic carbocycles. The Kier molecular flexibility index (Phi) is 2.35. The van der Waals surface area contributed by atoms with E-state index in [9.17, 15) is 14.4 Å². The summed E-state index contributed by atoms with van der Waals surface area (Å²) in [6, 6.07) is 5.73. The third-order valence-electron chi connectivity index (χ3n) is 4.28. The van der Waals surface area contributed by atoms with Crippen molar-refractivity contribution < 1.29 is 24.2 Å². The van der Waals surface area contributed by atoms with Crippen LogP contribution in [0.4, 0.5) is 5.69 Å². The number of fused-ring (bicyclic) bond motifs is 5. The van der Waals surface area contributed by atoms with Crippen LogP contribution >= 0.6 is 0 Å². The first-order valence-corrected chi connectivity index (χ1v) is 6.63. The summed E-state index contributed by atoms with van der Waals surface area (Å²) in [6.45, 7) is 0. The van der Waals surface area contributed by atoms with Crippen LogP contribution in [0.15, 0.2) is 36.4 Å². The van der Waals surface area contributed by atoms with Gasteiger partial charge >= 0.3 is 5.97 Å². The maximum Gasteiger partial charge on any atom is 0.335 e. The van der Waals surface area contributed by atoms with Gasteiger partial charge in [-0.25, -0.2) is 9.69 Å². The molecule has 3 aliphatic heterocycles. The van der Waals surface area contributed by atoms with Crippen molar-refractivity contribution in [2.24, 2.45) is 11.8 Å². The Hall–Kier alpha value is -2.47. The van der Waals surface area contributed by atoms with Gasteiger partial charge in [0, 0.05) is 0 Å². The number of rotatable bonds is 2. The minimum atomic E-state index is -1.05. The summed E-state index contributed by atoms with van der Waals surface area (Å²) in [4.78, 5) is 37.0. The van der Waals surface area contributed by atoms with Crippen molar-refractivity contribution in [2.45, 2.75) is 12.2 Å². The van der Waals surface area contributed by atoms with Gasteiger partial charge < -0.3 is 9.84 Å². The molecule has 3 aliphatic rings. The normalized spacial score (nSPS) is 32.9. The molecule has 2 fully saturated rings.